The molecule has 0 bridgehead atoms. The van der Waals surface area contributed by atoms with E-state index in [1.54, 1.807) is 18.3 Å². The van der Waals surface area contributed by atoms with Crippen LogP contribution in [0.2, 0.25) is 0 Å². The number of nitrogens with one attached hydrogen (secondary N) is 1. The fourth-order valence-electron chi connectivity index (χ4n) is 1.38. The Morgan fingerprint density at radius 3 is 3.16 bits per heavy atom. The van der Waals surface area contributed by atoms with Gasteiger partial charge in [-0.2, -0.15) is 5.10 Å². The lowest BCUT2D eigenvalue weighted by atomic mass is 10.2. The van der Waals surface area contributed by atoms with Crippen molar-refractivity contribution >= 4 is 29.1 Å². The van der Waals surface area contributed by atoms with E-state index in [2.05, 4.69) is 15.5 Å². The van der Waals surface area contributed by atoms with Crippen molar-refractivity contribution in [1.29, 1.82) is 0 Å². The lowest BCUT2D eigenvalue weighted by Crippen LogP contribution is -2.19. The highest BCUT2D eigenvalue weighted by Crippen LogP contribution is 2.12. The topological polar surface area (TPSA) is 83.3 Å². The van der Waals surface area contributed by atoms with E-state index in [0.717, 1.165) is 5.56 Å². The van der Waals surface area contributed by atoms with Crippen LogP contribution in [-0.4, -0.2) is 41.4 Å². The Bertz CT molecular complexity index is 517. The fourth-order valence-corrected chi connectivity index (χ4v) is 2.01. The summed E-state index contributed by atoms with van der Waals surface area (Å²) < 4.78 is 5.28. The molecule has 100 valence electrons. The Kier molecular flexibility index (Phi) is 4.93. The molecular formula is C12H13N3O3S. The summed E-state index contributed by atoms with van der Waals surface area (Å²) in [5.41, 5.74) is 0.828. The molecule has 1 aromatic carbocycles. The number of carbonyl (C=O) groups is 1. The van der Waals surface area contributed by atoms with Crippen LogP contribution in [0.25, 0.3) is 0 Å². The van der Waals surface area contributed by atoms with Crippen molar-refractivity contribution in [3.63, 3.8) is 0 Å². The van der Waals surface area contributed by atoms with Crippen LogP contribution in [0.3, 0.4) is 0 Å². The molecule has 1 aliphatic rings. The van der Waals surface area contributed by atoms with Crippen molar-refractivity contribution in [2.45, 2.75) is 0 Å². The number of ether oxygens (including phenoxy) is 1. The number of benzene rings is 1. The molecule has 1 heterocycles. The summed E-state index contributed by atoms with van der Waals surface area (Å²) in [6.07, 6.45) is 1.57. The number of hydrogen-bond donors (Lipinski definition) is 2. The Morgan fingerprint density at radius 1 is 1.53 bits per heavy atom. The van der Waals surface area contributed by atoms with Crippen LogP contribution in [0, 0.1) is 0 Å². The van der Waals surface area contributed by atoms with Gasteiger partial charge in [0.2, 0.25) is 5.91 Å². The zero-order chi connectivity index (χ0) is 13.5. The van der Waals surface area contributed by atoms with Crippen LogP contribution in [0.4, 0.5) is 0 Å². The molecule has 6 nitrogen and oxygen atoms in total. The molecule has 2 N–H and O–H groups in total. The molecule has 0 spiro atoms. The summed E-state index contributed by atoms with van der Waals surface area (Å²) in [4.78, 5) is 10.9. The summed E-state index contributed by atoms with van der Waals surface area (Å²) in [6.45, 7) is 0.231. The van der Waals surface area contributed by atoms with Crippen molar-refractivity contribution in [1.82, 2.24) is 5.32 Å². The normalized spacial score (nSPS) is 17.1. The average molecular weight is 279 g/mol. The quantitative estimate of drug-likeness (QED) is 0.611. The van der Waals surface area contributed by atoms with E-state index < -0.39 is 0 Å². The molecule has 1 amide bonds. The monoisotopic (exact) mass is 279 g/mol. The molecule has 2 rings (SSSR count). The zero-order valence-corrected chi connectivity index (χ0v) is 10.9. The van der Waals surface area contributed by atoms with Crippen molar-refractivity contribution in [3.8, 4) is 5.75 Å². The lowest BCUT2D eigenvalue weighted by molar-refractivity contribution is -0.116. The van der Waals surface area contributed by atoms with Gasteiger partial charge in [0.25, 0.3) is 0 Å². The number of aliphatic hydroxyl groups excluding tert-OH is 1. The molecule has 0 saturated carbocycles. The van der Waals surface area contributed by atoms with Gasteiger partial charge in [0.1, 0.15) is 12.4 Å². The van der Waals surface area contributed by atoms with Gasteiger partial charge in [-0.05, 0) is 17.7 Å². The second-order valence-corrected chi connectivity index (χ2v) is 4.60. The molecule has 1 aliphatic heterocycles. The molecular weight excluding hydrogens is 266 g/mol. The largest absolute Gasteiger partial charge is 0.491 e. The third-order valence-electron chi connectivity index (χ3n) is 2.16. The molecule has 0 aliphatic carbocycles. The van der Waals surface area contributed by atoms with Crippen LogP contribution in [-0.2, 0) is 4.79 Å². The van der Waals surface area contributed by atoms with E-state index in [9.17, 15) is 4.79 Å². The number of amidine groups is 1. The van der Waals surface area contributed by atoms with E-state index in [1.165, 1.54) is 11.8 Å². The van der Waals surface area contributed by atoms with Crippen molar-refractivity contribution in [2.24, 2.45) is 10.2 Å². The maximum atomic E-state index is 10.9. The van der Waals surface area contributed by atoms with E-state index >= 15 is 0 Å². The third kappa shape index (κ3) is 4.38. The van der Waals surface area contributed by atoms with Gasteiger partial charge in [-0.25, -0.2) is 0 Å². The van der Waals surface area contributed by atoms with E-state index in [4.69, 9.17) is 9.84 Å². The summed E-state index contributed by atoms with van der Waals surface area (Å²) in [5, 5.41) is 19.6. The summed E-state index contributed by atoms with van der Waals surface area (Å²) in [6, 6.07) is 7.27. The first-order chi connectivity index (χ1) is 9.28. The van der Waals surface area contributed by atoms with Gasteiger partial charge >= 0.3 is 0 Å². The van der Waals surface area contributed by atoms with E-state index in [0.29, 0.717) is 16.7 Å². The SMILES string of the molecule is O=C1CSC(=NN=Cc2cccc(OCCO)c2)N1. The predicted molar refractivity (Wildman–Crippen MR) is 74.7 cm³/mol. The van der Waals surface area contributed by atoms with Crippen molar-refractivity contribution in [2.75, 3.05) is 19.0 Å². The second-order valence-electron chi connectivity index (χ2n) is 3.63. The maximum absolute atomic E-state index is 10.9. The highest BCUT2D eigenvalue weighted by molar-refractivity contribution is 8.15. The Morgan fingerprint density at radius 2 is 2.42 bits per heavy atom. The lowest BCUT2D eigenvalue weighted by Gasteiger charge is -2.03. The van der Waals surface area contributed by atoms with Gasteiger partial charge in [-0.15, -0.1) is 5.10 Å². The first kappa shape index (κ1) is 13.6. The molecule has 1 fully saturated rings. The van der Waals surface area contributed by atoms with Crippen LogP contribution in [0.5, 0.6) is 5.75 Å². The van der Waals surface area contributed by atoms with Gasteiger partial charge in [-0.3, -0.25) is 4.79 Å². The number of thioether (sulfide) groups is 1. The highest BCUT2D eigenvalue weighted by Gasteiger charge is 2.15. The molecule has 0 unspecified atom stereocenters. The fraction of sp³-hybridized carbons (Fsp3) is 0.250. The minimum Gasteiger partial charge on any atom is -0.491 e. The molecule has 7 heteroatoms. The van der Waals surface area contributed by atoms with Crippen molar-refractivity contribution in [3.05, 3.63) is 29.8 Å². The van der Waals surface area contributed by atoms with Gasteiger partial charge in [0.05, 0.1) is 18.6 Å². The highest BCUT2D eigenvalue weighted by atomic mass is 32.2. The summed E-state index contributed by atoms with van der Waals surface area (Å²) >= 11 is 1.32. The Hall–Kier alpha value is -1.86. The first-order valence-corrected chi connectivity index (χ1v) is 6.64. The van der Waals surface area contributed by atoms with Crippen molar-refractivity contribution < 1.29 is 14.6 Å². The molecule has 1 saturated heterocycles. The summed E-state index contributed by atoms with van der Waals surface area (Å²) in [7, 11) is 0. The van der Waals surface area contributed by atoms with Gasteiger partial charge in [0.15, 0.2) is 5.17 Å². The number of amides is 1. The number of nitrogens with zero attached hydrogens (tertiary/aromatic N) is 2. The Balaban J connectivity index is 1.96. The van der Waals surface area contributed by atoms with Crippen LogP contribution >= 0.6 is 11.8 Å². The van der Waals surface area contributed by atoms with Crippen LogP contribution in [0.1, 0.15) is 5.56 Å². The molecule has 0 radical (unpaired) electrons. The number of rotatable bonds is 5. The van der Waals surface area contributed by atoms with E-state index in [1.807, 2.05) is 12.1 Å². The minimum atomic E-state index is -0.0571. The molecule has 19 heavy (non-hydrogen) atoms. The maximum Gasteiger partial charge on any atom is 0.236 e. The number of aliphatic hydroxyl groups is 1. The van der Waals surface area contributed by atoms with E-state index in [-0.39, 0.29) is 19.1 Å². The van der Waals surface area contributed by atoms with Gasteiger partial charge in [0, 0.05) is 0 Å². The third-order valence-corrected chi connectivity index (χ3v) is 3.02. The Labute approximate surface area is 114 Å². The van der Waals surface area contributed by atoms with Gasteiger partial charge in [-0.1, -0.05) is 23.9 Å². The molecule has 0 aromatic heterocycles. The minimum absolute atomic E-state index is 0.0249. The first-order valence-electron chi connectivity index (χ1n) is 5.65. The number of hydrogen-bond acceptors (Lipinski definition) is 6. The summed E-state index contributed by atoms with van der Waals surface area (Å²) in [5.74, 6) is 0.992. The molecule has 0 atom stereocenters. The van der Waals surface area contributed by atoms with Crippen LogP contribution in [0.15, 0.2) is 34.5 Å². The predicted octanol–water partition coefficient (Wildman–Crippen LogP) is 0.611. The zero-order valence-electron chi connectivity index (χ0n) is 10.1. The number of carbonyl (C=O) groups excluding carboxylic acids is 1. The standard InChI is InChI=1S/C12H13N3O3S/c16-4-5-18-10-3-1-2-9(6-10)7-13-15-12-14-11(17)8-19-12/h1-3,6-7,16H,4-5,8H2,(H,14,15,17). The van der Waals surface area contributed by atoms with Gasteiger partial charge < -0.3 is 15.2 Å². The average Bonchev–Trinajstić information content (AvgIpc) is 2.83. The molecule has 1 aromatic rings. The smallest absolute Gasteiger partial charge is 0.236 e. The van der Waals surface area contributed by atoms with Crippen LogP contribution < -0.4 is 10.1 Å². The second kappa shape index (κ2) is 6.91.